The summed E-state index contributed by atoms with van der Waals surface area (Å²) < 4.78 is 43.9. The maximum absolute atomic E-state index is 12.6. The average molecular weight is 431 g/mol. The van der Waals surface area contributed by atoms with Crippen LogP contribution in [0.15, 0.2) is 66.1 Å². The van der Waals surface area contributed by atoms with Crippen LogP contribution in [-0.4, -0.2) is 30.2 Å². The van der Waals surface area contributed by atoms with Gasteiger partial charge in [-0.15, -0.1) is 13.2 Å². The summed E-state index contributed by atoms with van der Waals surface area (Å²) in [5, 5.41) is 10.9. The predicted octanol–water partition coefficient (Wildman–Crippen LogP) is 3.41. The number of imidazole rings is 1. The number of rotatable bonds is 5. The summed E-state index contributed by atoms with van der Waals surface area (Å²) in [6.45, 7) is 0.0789. The Morgan fingerprint density at radius 1 is 1.13 bits per heavy atom. The van der Waals surface area contributed by atoms with Gasteiger partial charge in [0.15, 0.2) is 0 Å². The average Bonchev–Trinajstić information content (AvgIpc) is 3.15. The normalized spacial score (nSPS) is 11.6. The lowest BCUT2D eigenvalue weighted by Crippen LogP contribution is -2.22. The molecule has 0 aliphatic rings. The van der Waals surface area contributed by atoms with Crippen molar-refractivity contribution in [2.75, 3.05) is 0 Å². The summed E-state index contributed by atoms with van der Waals surface area (Å²) in [5.41, 5.74) is 0.919. The fourth-order valence-electron chi connectivity index (χ4n) is 3.01. The minimum absolute atomic E-state index is 0.0789. The molecule has 4 rings (SSSR count). The van der Waals surface area contributed by atoms with E-state index in [0.29, 0.717) is 16.7 Å². The number of aromatic nitrogens is 4. The van der Waals surface area contributed by atoms with Gasteiger partial charge in [0.05, 0.1) is 6.54 Å². The van der Waals surface area contributed by atoms with Crippen molar-refractivity contribution in [1.82, 2.24) is 18.9 Å². The number of hydrogen-bond donors (Lipinski definition) is 0. The lowest BCUT2D eigenvalue weighted by atomic mass is 10.1. The van der Waals surface area contributed by atoms with Crippen LogP contribution in [0.4, 0.5) is 19.0 Å². The van der Waals surface area contributed by atoms with E-state index in [2.05, 4.69) is 14.7 Å². The second kappa shape index (κ2) is 7.55. The Morgan fingerprint density at radius 3 is 2.68 bits per heavy atom. The Hall–Kier alpha value is -4.22. The van der Waals surface area contributed by atoms with Gasteiger partial charge < -0.3 is 19.4 Å². The Bertz CT molecular complexity index is 1350. The Morgan fingerprint density at radius 2 is 1.94 bits per heavy atom. The van der Waals surface area contributed by atoms with Gasteiger partial charge in [0.2, 0.25) is 0 Å². The van der Waals surface area contributed by atoms with Crippen molar-refractivity contribution in [3.63, 3.8) is 0 Å². The van der Waals surface area contributed by atoms with Gasteiger partial charge in [-0.05, 0) is 39.2 Å². The zero-order chi connectivity index (χ0) is 22.2. The fraction of sp³-hybridized carbons (Fsp3) is 0.105. The molecule has 0 atom stereocenters. The van der Waals surface area contributed by atoms with E-state index in [1.54, 1.807) is 12.1 Å². The lowest BCUT2D eigenvalue weighted by Gasteiger charge is -2.11. The van der Waals surface area contributed by atoms with Crippen LogP contribution in [0.25, 0.3) is 16.8 Å². The fourth-order valence-corrected chi connectivity index (χ4v) is 3.01. The van der Waals surface area contributed by atoms with E-state index in [4.69, 9.17) is 0 Å². The van der Waals surface area contributed by atoms with E-state index >= 15 is 0 Å². The first kappa shape index (κ1) is 20.1. The van der Waals surface area contributed by atoms with Crippen molar-refractivity contribution in [2.45, 2.75) is 12.9 Å². The number of ether oxygens (including phenoxy) is 1. The third kappa shape index (κ3) is 4.37. The highest BCUT2D eigenvalue weighted by atomic mass is 19.4. The van der Waals surface area contributed by atoms with Crippen LogP contribution >= 0.6 is 0 Å². The minimum atomic E-state index is -4.81. The molecule has 0 aliphatic heterocycles. The maximum atomic E-state index is 12.6. The lowest BCUT2D eigenvalue weighted by molar-refractivity contribution is -0.389. The van der Waals surface area contributed by atoms with E-state index in [1.165, 1.54) is 52.0 Å². The Kier molecular flexibility index (Phi) is 4.89. The van der Waals surface area contributed by atoms with Gasteiger partial charge in [0, 0.05) is 30.4 Å². The van der Waals surface area contributed by atoms with E-state index in [-0.39, 0.29) is 17.9 Å². The molecule has 9 nitrogen and oxygen atoms in total. The summed E-state index contributed by atoms with van der Waals surface area (Å²) in [7, 11) is 0. The second-order valence-electron chi connectivity index (χ2n) is 6.48. The molecular weight excluding hydrogens is 419 g/mol. The third-order valence-corrected chi connectivity index (χ3v) is 4.31. The summed E-state index contributed by atoms with van der Waals surface area (Å²) in [6, 6.07) is 7.12. The van der Waals surface area contributed by atoms with Gasteiger partial charge in [0.25, 0.3) is 0 Å². The molecule has 0 saturated heterocycles. The number of pyridine rings is 1. The molecule has 0 saturated carbocycles. The molecule has 0 N–H and O–H groups in total. The molecule has 4 aromatic rings. The van der Waals surface area contributed by atoms with Crippen LogP contribution in [0, 0.1) is 10.1 Å². The van der Waals surface area contributed by atoms with Gasteiger partial charge >= 0.3 is 23.4 Å². The molecule has 0 bridgehead atoms. The first-order valence-corrected chi connectivity index (χ1v) is 8.72. The van der Waals surface area contributed by atoms with Crippen LogP contribution < -0.4 is 10.3 Å². The highest BCUT2D eigenvalue weighted by Crippen LogP contribution is 2.28. The van der Waals surface area contributed by atoms with Crippen LogP contribution in [0.5, 0.6) is 5.75 Å². The standard InChI is InChI=1S/C19H12F3N5O4/c20-19(21,22)31-15-3-1-2-13(7-15)14-6-12(8-23-9-14)10-26-5-4-25-11-16(27(29)30)24-17(25)18(26)28/h1-9,11H,10H2. The number of nitrogens with zero attached hydrogens (tertiary/aromatic N) is 5. The molecule has 0 radical (unpaired) electrons. The monoisotopic (exact) mass is 431 g/mol. The van der Waals surface area contributed by atoms with Crippen LogP contribution in [0.2, 0.25) is 0 Å². The van der Waals surface area contributed by atoms with Crippen LogP contribution in [0.3, 0.4) is 0 Å². The van der Waals surface area contributed by atoms with E-state index in [1.807, 2.05) is 0 Å². The largest absolute Gasteiger partial charge is 0.573 e. The first-order valence-electron chi connectivity index (χ1n) is 8.72. The summed E-state index contributed by atoms with van der Waals surface area (Å²) in [6.07, 6.45) is 2.22. The number of alkyl halides is 3. The van der Waals surface area contributed by atoms with Crippen molar-refractivity contribution < 1.29 is 22.8 Å². The maximum Gasteiger partial charge on any atom is 0.573 e. The number of hydrogen-bond acceptors (Lipinski definition) is 6. The second-order valence-corrected chi connectivity index (χ2v) is 6.48. The van der Waals surface area contributed by atoms with E-state index in [0.717, 1.165) is 6.20 Å². The van der Waals surface area contributed by atoms with Gasteiger partial charge in [-0.1, -0.05) is 12.1 Å². The molecule has 158 valence electrons. The molecule has 0 unspecified atom stereocenters. The molecule has 3 aromatic heterocycles. The summed E-state index contributed by atoms with van der Waals surface area (Å²) in [4.78, 5) is 30.6. The highest BCUT2D eigenvalue weighted by Gasteiger charge is 2.31. The number of nitro groups is 1. The predicted molar refractivity (Wildman–Crippen MR) is 102 cm³/mol. The first-order chi connectivity index (χ1) is 14.7. The van der Waals surface area contributed by atoms with Crippen LogP contribution in [0.1, 0.15) is 5.56 Å². The van der Waals surface area contributed by atoms with Crippen molar-refractivity contribution in [3.8, 4) is 16.9 Å². The molecule has 0 fully saturated rings. The molecule has 1 aromatic carbocycles. The van der Waals surface area contributed by atoms with Crippen molar-refractivity contribution in [3.05, 3.63) is 87.3 Å². The molecule has 3 heterocycles. The van der Waals surface area contributed by atoms with Gasteiger partial charge in [-0.25, -0.2) is 0 Å². The third-order valence-electron chi connectivity index (χ3n) is 4.31. The summed E-state index contributed by atoms with van der Waals surface area (Å²) in [5.74, 6) is -0.808. The van der Waals surface area contributed by atoms with E-state index in [9.17, 15) is 28.1 Å². The zero-order valence-electron chi connectivity index (χ0n) is 15.5. The van der Waals surface area contributed by atoms with Crippen LogP contribution in [-0.2, 0) is 6.54 Å². The van der Waals surface area contributed by atoms with Crippen molar-refractivity contribution in [1.29, 1.82) is 0 Å². The topological polar surface area (TPSA) is 105 Å². The summed E-state index contributed by atoms with van der Waals surface area (Å²) >= 11 is 0. The van der Waals surface area contributed by atoms with Gasteiger partial charge in [-0.3, -0.25) is 14.2 Å². The number of fused-ring (bicyclic) bond motifs is 1. The quantitative estimate of drug-likeness (QED) is 0.354. The zero-order valence-corrected chi connectivity index (χ0v) is 15.5. The van der Waals surface area contributed by atoms with Crippen molar-refractivity contribution in [2.24, 2.45) is 0 Å². The number of benzene rings is 1. The molecule has 0 amide bonds. The van der Waals surface area contributed by atoms with Gasteiger partial charge in [-0.2, -0.15) is 0 Å². The highest BCUT2D eigenvalue weighted by molar-refractivity contribution is 5.64. The SMILES string of the molecule is O=c1c2nc([N+](=O)[O-])cn2ccn1Cc1cncc(-c2cccc(OC(F)(F)F)c2)c1. The van der Waals surface area contributed by atoms with E-state index < -0.39 is 22.7 Å². The Labute approximate surface area is 171 Å². The minimum Gasteiger partial charge on any atom is -0.406 e. The molecule has 12 heteroatoms. The van der Waals surface area contributed by atoms with Gasteiger partial charge in [0.1, 0.15) is 11.9 Å². The molecule has 31 heavy (non-hydrogen) atoms. The molecular formula is C19H12F3N5O4. The smallest absolute Gasteiger partial charge is 0.406 e. The number of halogens is 3. The Balaban J connectivity index is 1.64. The molecule has 0 spiro atoms. The molecule has 0 aliphatic carbocycles. The van der Waals surface area contributed by atoms with Crippen molar-refractivity contribution >= 4 is 11.5 Å².